The van der Waals surface area contributed by atoms with Crippen LogP contribution in [0.5, 0.6) is 0 Å². The number of nitrogens with one attached hydrogen (secondary N) is 2. The summed E-state index contributed by atoms with van der Waals surface area (Å²) < 4.78 is 1.87. The summed E-state index contributed by atoms with van der Waals surface area (Å²) in [6, 6.07) is 19.5. The monoisotopic (exact) mass is 418 g/mol. The third-order valence-corrected chi connectivity index (χ3v) is 5.50. The maximum atomic E-state index is 4.37. The SMILES string of the molecule is CN=C(NCCc1ccc(-n2cccn2)cc1)NCc1ccccc1CN(C)C(C)C. The van der Waals surface area contributed by atoms with E-state index in [0.717, 1.165) is 37.7 Å². The van der Waals surface area contributed by atoms with E-state index in [1.54, 1.807) is 6.20 Å². The minimum atomic E-state index is 0.518. The molecule has 0 spiro atoms. The molecule has 164 valence electrons. The van der Waals surface area contributed by atoms with Crippen LogP contribution in [0, 0.1) is 0 Å². The molecule has 6 nitrogen and oxygen atoms in total. The van der Waals surface area contributed by atoms with Crippen LogP contribution in [-0.4, -0.2) is 47.3 Å². The van der Waals surface area contributed by atoms with Crippen LogP contribution in [-0.2, 0) is 19.5 Å². The van der Waals surface area contributed by atoms with Crippen LogP contribution in [0.3, 0.4) is 0 Å². The van der Waals surface area contributed by atoms with E-state index in [-0.39, 0.29) is 0 Å². The Morgan fingerprint density at radius 2 is 1.77 bits per heavy atom. The molecule has 2 N–H and O–H groups in total. The van der Waals surface area contributed by atoms with E-state index in [1.807, 2.05) is 24.0 Å². The molecule has 0 radical (unpaired) electrons. The lowest BCUT2D eigenvalue weighted by Crippen LogP contribution is -2.38. The van der Waals surface area contributed by atoms with Crippen LogP contribution >= 0.6 is 0 Å². The summed E-state index contributed by atoms with van der Waals surface area (Å²) >= 11 is 0. The molecule has 3 rings (SSSR count). The zero-order chi connectivity index (χ0) is 22.1. The van der Waals surface area contributed by atoms with Gasteiger partial charge in [0.25, 0.3) is 0 Å². The molecule has 1 heterocycles. The van der Waals surface area contributed by atoms with Gasteiger partial charge in [-0.05, 0) is 62.2 Å². The standard InChI is InChI=1S/C25H34N6/c1-20(2)30(4)19-23-9-6-5-8-22(23)18-28-25(26-3)27-16-14-21-10-12-24(13-11-21)31-17-7-15-29-31/h5-13,15,17,20H,14,16,18-19H2,1-4H3,(H2,26,27,28). The van der Waals surface area contributed by atoms with Crippen LogP contribution in [0.4, 0.5) is 0 Å². The molecule has 0 aliphatic carbocycles. The van der Waals surface area contributed by atoms with Crippen molar-refractivity contribution in [3.63, 3.8) is 0 Å². The Morgan fingerprint density at radius 1 is 1.03 bits per heavy atom. The molecule has 2 aromatic carbocycles. The summed E-state index contributed by atoms with van der Waals surface area (Å²) in [7, 11) is 3.98. The Labute approximate surface area is 186 Å². The zero-order valence-electron chi connectivity index (χ0n) is 19.0. The van der Waals surface area contributed by atoms with E-state index in [4.69, 9.17) is 0 Å². The van der Waals surface area contributed by atoms with Gasteiger partial charge in [0, 0.05) is 45.1 Å². The van der Waals surface area contributed by atoms with Gasteiger partial charge in [0.05, 0.1) is 5.69 Å². The van der Waals surface area contributed by atoms with Gasteiger partial charge in [-0.2, -0.15) is 5.10 Å². The first-order valence-electron chi connectivity index (χ1n) is 10.9. The fourth-order valence-corrected chi connectivity index (χ4v) is 3.30. The van der Waals surface area contributed by atoms with Gasteiger partial charge in [0.1, 0.15) is 0 Å². The third kappa shape index (κ3) is 6.69. The highest BCUT2D eigenvalue weighted by molar-refractivity contribution is 5.79. The number of guanidine groups is 1. The van der Waals surface area contributed by atoms with Crippen molar-refractivity contribution >= 4 is 5.96 Å². The van der Waals surface area contributed by atoms with Crippen molar-refractivity contribution in [3.05, 3.63) is 83.7 Å². The van der Waals surface area contributed by atoms with Crippen molar-refractivity contribution in [3.8, 4) is 5.69 Å². The molecule has 1 aromatic heterocycles. The van der Waals surface area contributed by atoms with E-state index < -0.39 is 0 Å². The molecule has 3 aromatic rings. The number of aliphatic imine (C=N–C) groups is 1. The van der Waals surface area contributed by atoms with E-state index in [1.165, 1.54) is 16.7 Å². The molecule has 31 heavy (non-hydrogen) atoms. The van der Waals surface area contributed by atoms with Gasteiger partial charge in [-0.25, -0.2) is 4.68 Å². The maximum absolute atomic E-state index is 4.37. The molecule has 0 aliphatic heterocycles. The molecule has 0 unspecified atom stereocenters. The number of rotatable bonds is 9. The second kappa shape index (κ2) is 11.3. The first-order chi connectivity index (χ1) is 15.1. The molecule has 0 saturated carbocycles. The number of benzene rings is 2. The number of hydrogen-bond acceptors (Lipinski definition) is 3. The molecule has 0 bridgehead atoms. The predicted octanol–water partition coefficient (Wildman–Crippen LogP) is 3.62. The highest BCUT2D eigenvalue weighted by Crippen LogP contribution is 2.12. The highest BCUT2D eigenvalue weighted by Gasteiger charge is 2.08. The summed E-state index contributed by atoms with van der Waals surface area (Å²) in [5.74, 6) is 0.820. The molecule has 6 heteroatoms. The van der Waals surface area contributed by atoms with Crippen molar-refractivity contribution in [1.29, 1.82) is 0 Å². The average molecular weight is 419 g/mol. The molecule has 0 amide bonds. The zero-order valence-corrected chi connectivity index (χ0v) is 19.0. The fraction of sp³-hybridized carbons (Fsp3) is 0.360. The van der Waals surface area contributed by atoms with Crippen molar-refractivity contribution < 1.29 is 0 Å². The molecular weight excluding hydrogens is 384 g/mol. The van der Waals surface area contributed by atoms with Crippen LogP contribution in [0.15, 0.2) is 72.0 Å². The molecular formula is C25H34N6. The lowest BCUT2D eigenvalue weighted by Gasteiger charge is -2.23. The van der Waals surface area contributed by atoms with Gasteiger partial charge in [-0.1, -0.05) is 36.4 Å². The summed E-state index contributed by atoms with van der Waals surface area (Å²) in [5.41, 5.74) is 4.99. The second-order valence-corrected chi connectivity index (χ2v) is 8.00. The fourth-order valence-electron chi connectivity index (χ4n) is 3.30. The van der Waals surface area contributed by atoms with Crippen LogP contribution in [0.2, 0.25) is 0 Å². The van der Waals surface area contributed by atoms with E-state index >= 15 is 0 Å². The Bertz CT molecular complexity index is 944. The smallest absolute Gasteiger partial charge is 0.191 e. The first kappa shape index (κ1) is 22.6. The summed E-state index contributed by atoms with van der Waals surface area (Å²) in [6.07, 6.45) is 4.67. The first-order valence-corrected chi connectivity index (χ1v) is 10.9. The van der Waals surface area contributed by atoms with Gasteiger partial charge >= 0.3 is 0 Å². The number of nitrogens with zero attached hydrogens (tertiary/aromatic N) is 4. The Balaban J connectivity index is 1.48. The predicted molar refractivity (Wildman–Crippen MR) is 129 cm³/mol. The lowest BCUT2D eigenvalue weighted by atomic mass is 10.1. The van der Waals surface area contributed by atoms with E-state index in [0.29, 0.717) is 6.04 Å². The Kier molecular flexibility index (Phi) is 8.24. The molecule has 0 fully saturated rings. The van der Waals surface area contributed by atoms with Gasteiger partial charge in [0.15, 0.2) is 5.96 Å². The van der Waals surface area contributed by atoms with Crippen LogP contribution in [0.1, 0.15) is 30.5 Å². The van der Waals surface area contributed by atoms with Crippen LogP contribution in [0.25, 0.3) is 5.69 Å². The van der Waals surface area contributed by atoms with E-state index in [9.17, 15) is 0 Å². The topological polar surface area (TPSA) is 57.5 Å². The Hall–Kier alpha value is -3.12. The largest absolute Gasteiger partial charge is 0.356 e. The van der Waals surface area contributed by atoms with Gasteiger partial charge in [0.2, 0.25) is 0 Å². The summed E-state index contributed by atoms with van der Waals surface area (Å²) in [5, 5.41) is 11.1. The highest BCUT2D eigenvalue weighted by atomic mass is 15.3. The quantitative estimate of drug-likeness (QED) is 0.412. The van der Waals surface area contributed by atoms with Crippen LogP contribution < -0.4 is 10.6 Å². The van der Waals surface area contributed by atoms with E-state index in [2.05, 4.69) is 95.1 Å². The second-order valence-electron chi connectivity index (χ2n) is 8.00. The van der Waals surface area contributed by atoms with Crippen molar-refractivity contribution in [2.45, 2.75) is 39.4 Å². The van der Waals surface area contributed by atoms with Crippen molar-refractivity contribution in [2.75, 3.05) is 20.6 Å². The average Bonchev–Trinajstić information content (AvgIpc) is 3.32. The van der Waals surface area contributed by atoms with Crippen molar-refractivity contribution in [2.24, 2.45) is 4.99 Å². The maximum Gasteiger partial charge on any atom is 0.191 e. The number of hydrogen-bond donors (Lipinski definition) is 2. The third-order valence-electron chi connectivity index (χ3n) is 5.50. The van der Waals surface area contributed by atoms with Gasteiger partial charge < -0.3 is 10.6 Å². The molecule has 0 aliphatic rings. The number of aromatic nitrogens is 2. The van der Waals surface area contributed by atoms with Gasteiger partial charge in [-0.3, -0.25) is 9.89 Å². The molecule has 0 atom stereocenters. The molecule has 0 saturated heterocycles. The Morgan fingerprint density at radius 3 is 2.42 bits per heavy atom. The summed E-state index contributed by atoms with van der Waals surface area (Å²) in [4.78, 5) is 6.72. The minimum Gasteiger partial charge on any atom is -0.356 e. The van der Waals surface area contributed by atoms with Crippen molar-refractivity contribution in [1.82, 2.24) is 25.3 Å². The summed E-state index contributed by atoms with van der Waals surface area (Å²) in [6.45, 7) is 6.95. The van der Waals surface area contributed by atoms with Gasteiger partial charge in [-0.15, -0.1) is 0 Å². The lowest BCUT2D eigenvalue weighted by molar-refractivity contribution is 0.265. The minimum absolute atomic E-state index is 0.518. The normalized spacial score (nSPS) is 11.9.